The normalized spacial score (nSPS) is 16.9. The summed E-state index contributed by atoms with van der Waals surface area (Å²) in [7, 11) is -1.56. The number of rotatable bonds is 2. The van der Waals surface area contributed by atoms with Crippen molar-refractivity contribution in [2.24, 2.45) is 0 Å². The summed E-state index contributed by atoms with van der Waals surface area (Å²) in [4.78, 5) is 0. The van der Waals surface area contributed by atoms with Gasteiger partial charge in [0, 0.05) is 5.54 Å². The van der Waals surface area contributed by atoms with Crippen LogP contribution in [-0.2, 0) is 0 Å². The van der Waals surface area contributed by atoms with Crippen LogP contribution in [0.15, 0.2) is 60.7 Å². The molecule has 0 radical (unpaired) electrons. The molecule has 0 heterocycles. The van der Waals surface area contributed by atoms with Crippen LogP contribution >= 0.6 is 0 Å². The summed E-state index contributed by atoms with van der Waals surface area (Å²) in [5.74, 6) is 0. The molecule has 0 aliphatic heterocycles. The van der Waals surface area contributed by atoms with E-state index in [4.69, 9.17) is 0 Å². The molecule has 0 N–H and O–H groups in total. The lowest BCUT2D eigenvalue weighted by atomic mass is 10.0. The Morgan fingerprint density at radius 3 is 1.70 bits per heavy atom. The summed E-state index contributed by atoms with van der Waals surface area (Å²) in [5, 5.41) is 0. The first-order valence-corrected chi connectivity index (χ1v) is 11.7. The van der Waals surface area contributed by atoms with Crippen molar-refractivity contribution in [3.8, 4) is 11.1 Å². The van der Waals surface area contributed by atoms with Crippen molar-refractivity contribution in [1.82, 2.24) is 0 Å². The van der Waals surface area contributed by atoms with Gasteiger partial charge in [-0.15, -0.1) is 0 Å². The van der Waals surface area contributed by atoms with Crippen LogP contribution in [0.5, 0.6) is 0 Å². The first kappa shape index (κ1) is 14.7. The molecule has 0 fully saturated rings. The van der Waals surface area contributed by atoms with Crippen molar-refractivity contribution in [1.29, 1.82) is 0 Å². The number of allylic oxidation sites excluding steroid dienone is 4. The van der Waals surface area contributed by atoms with Crippen LogP contribution in [0.3, 0.4) is 0 Å². The van der Waals surface area contributed by atoms with Crippen molar-refractivity contribution in [3.63, 3.8) is 0 Å². The van der Waals surface area contributed by atoms with Gasteiger partial charge < -0.3 is 0 Å². The molecule has 0 amide bonds. The highest BCUT2D eigenvalue weighted by Gasteiger charge is 2.44. The Hall–Kier alpha value is -1.86. The van der Waals surface area contributed by atoms with E-state index in [1.807, 2.05) is 0 Å². The molecule has 0 spiro atoms. The van der Waals surface area contributed by atoms with Gasteiger partial charge in [-0.1, -0.05) is 84.9 Å². The maximum atomic E-state index is 2.56. The average Bonchev–Trinajstić information content (AvgIpc) is 3.12. The van der Waals surface area contributed by atoms with E-state index >= 15 is 0 Å². The monoisotopic (exact) mass is 316 g/mol. The molecule has 23 heavy (non-hydrogen) atoms. The number of aryl methyl sites for hydroxylation is 2. The topological polar surface area (TPSA) is 0 Å². The summed E-state index contributed by atoms with van der Waals surface area (Å²) in [6, 6.07) is 14.1. The van der Waals surface area contributed by atoms with E-state index in [1.165, 1.54) is 22.3 Å². The molecule has 116 valence electrons. The molecule has 0 saturated carbocycles. The van der Waals surface area contributed by atoms with Crippen LogP contribution in [-0.4, -0.2) is 8.07 Å². The number of fused-ring (bicyclic) bond motifs is 3. The minimum absolute atomic E-state index is 0.588. The standard InChI is InChI=1S/C22H24Si/c1-15-9-11-18-19-12-10-16(2)14-21(19)22(20(18)13-15)23(3,4)17-7-5-6-8-17/h5-14,17,22H,1-4H3. The highest BCUT2D eigenvalue weighted by molar-refractivity contribution is 6.82. The molecular weight excluding hydrogens is 292 g/mol. The van der Waals surface area contributed by atoms with Crippen molar-refractivity contribution in [2.75, 3.05) is 0 Å². The van der Waals surface area contributed by atoms with Crippen LogP contribution in [0.25, 0.3) is 11.1 Å². The maximum absolute atomic E-state index is 2.56. The zero-order chi connectivity index (χ0) is 16.2. The zero-order valence-electron chi connectivity index (χ0n) is 14.4. The van der Waals surface area contributed by atoms with Crippen molar-refractivity contribution in [3.05, 3.63) is 83.0 Å². The van der Waals surface area contributed by atoms with Gasteiger partial charge in [-0.3, -0.25) is 0 Å². The second-order valence-electron chi connectivity index (χ2n) is 7.73. The second-order valence-corrected chi connectivity index (χ2v) is 12.6. The van der Waals surface area contributed by atoms with Crippen molar-refractivity contribution < 1.29 is 0 Å². The van der Waals surface area contributed by atoms with E-state index in [2.05, 4.69) is 87.6 Å². The minimum atomic E-state index is -1.56. The Morgan fingerprint density at radius 1 is 0.739 bits per heavy atom. The summed E-state index contributed by atoms with van der Waals surface area (Å²) in [5.41, 5.74) is 10.0. The second kappa shape index (κ2) is 5.07. The van der Waals surface area contributed by atoms with Gasteiger partial charge in [0.1, 0.15) is 0 Å². The SMILES string of the molecule is Cc1ccc2c(c1)C([Si](C)(C)C1C=CC=C1)c1cc(C)ccc1-2. The lowest BCUT2D eigenvalue weighted by Crippen LogP contribution is -2.38. The summed E-state index contributed by atoms with van der Waals surface area (Å²) < 4.78 is 0. The van der Waals surface area contributed by atoms with E-state index in [-0.39, 0.29) is 0 Å². The summed E-state index contributed by atoms with van der Waals surface area (Å²) >= 11 is 0. The molecule has 0 saturated heterocycles. The van der Waals surface area contributed by atoms with Crippen LogP contribution in [0.1, 0.15) is 27.8 Å². The predicted molar refractivity (Wildman–Crippen MR) is 103 cm³/mol. The van der Waals surface area contributed by atoms with E-state index in [9.17, 15) is 0 Å². The van der Waals surface area contributed by atoms with Crippen LogP contribution < -0.4 is 0 Å². The maximum Gasteiger partial charge on any atom is 0.0715 e. The van der Waals surface area contributed by atoms with Crippen LogP contribution in [0.4, 0.5) is 0 Å². The minimum Gasteiger partial charge on any atom is -0.0803 e. The zero-order valence-corrected chi connectivity index (χ0v) is 15.4. The Bertz CT molecular complexity index is 776. The molecule has 0 aromatic heterocycles. The van der Waals surface area contributed by atoms with Gasteiger partial charge in [0.15, 0.2) is 0 Å². The lowest BCUT2D eigenvalue weighted by Gasteiger charge is -2.35. The average molecular weight is 317 g/mol. The number of hydrogen-bond donors (Lipinski definition) is 0. The van der Waals surface area contributed by atoms with Crippen LogP contribution in [0, 0.1) is 13.8 Å². The Labute approximate surface area is 140 Å². The molecule has 4 rings (SSSR count). The predicted octanol–water partition coefficient (Wildman–Crippen LogP) is 6.16. The summed E-state index contributed by atoms with van der Waals surface area (Å²) in [6.07, 6.45) is 9.27. The third-order valence-corrected chi connectivity index (χ3v) is 9.89. The fourth-order valence-electron chi connectivity index (χ4n) is 4.42. The molecular formula is C22H24Si. The van der Waals surface area contributed by atoms with Gasteiger partial charge in [-0.25, -0.2) is 0 Å². The summed E-state index contributed by atoms with van der Waals surface area (Å²) in [6.45, 7) is 9.56. The quantitative estimate of drug-likeness (QED) is 0.582. The third kappa shape index (κ3) is 2.18. The molecule has 2 aliphatic rings. The molecule has 2 aromatic rings. The molecule has 0 atom stereocenters. The van der Waals surface area contributed by atoms with Gasteiger partial charge in [-0.2, -0.15) is 0 Å². The Balaban J connectivity index is 1.96. The highest BCUT2D eigenvalue weighted by atomic mass is 28.3. The number of benzene rings is 2. The molecule has 1 heteroatoms. The van der Waals surface area contributed by atoms with Crippen molar-refractivity contribution in [2.45, 2.75) is 38.0 Å². The fraction of sp³-hybridized carbons (Fsp3) is 0.273. The van der Waals surface area contributed by atoms with Gasteiger partial charge in [0.05, 0.1) is 8.07 Å². The Morgan fingerprint density at radius 2 is 1.22 bits per heavy atom. The molecule has 0 bridgehead atoms. The van der Waals surface area contributed by atoms with Gasteiger partial charge in [-0.05, 0) is 41.6 Å². The molecule has 2 aromatic carbocycles. The molecule has 2 aliphatic carbocycles. The van der Waals surface area contributed by atoms with Crippen LogP contribution in [0.2, 0.25) is 18.6 Å². The first-order valence-electron chi connectivity index (χ1n) is 8.55. The van der Waals surface area contributed by atoms with Crippen molar-refractivity contribution >= 4 is 8.07 Å². The van der Waals surface area contributed by atoms with E-state index in [0.717, 1.165) is 0 Å². The highest BCUT2D eigenvalue weighted by Crippen LogP contribution is 2.52. The number of hydrogen-bond acceptors (Lipinski definition) is 0. The Kier molecular flexibility index (Phi) is 3.24. The van der Waals surface area contributed by atoms with Gasteiger partial charge in [0.2, 0.25) is 0 Å². The van der Waals surface area contributed by atoms with E-state index in [0.29, 0.717) is 11.1 Å². The fourth-order valence-corrected chi connectivity index (χ4v) is 8.10. The van der Waals surface area contributed by atoms with Gasteiger partial charge >= 0.3 is 0 Å². The smallest absolute Gasteiger partial charge is 0.0715 e. The van der Waals surface area contributed by atoms with Gasteiger partial charge in [0.25, 0.3) is 0 Å². The molecule has 0 unspecified atom stereocenters. The molecule has 0 nitrogen and oxygen atoms in total. The van der Waals surface area contributed by atoms with E-state index < -0.39 is 8.07 Å². The largest absolute Gasteiger partial charge is 0.0803 e. The third-order valence-electron chi connectivity index (χ3n) is 5.68. The van der Waals surface area contributed by atoms with E-state index in [1.54, 1.807) is 11.1 Å². The lowest BCUT2D eigenvalue weighted by molar-refractivity contribution is 1.06. The first-order chi connectivity index (χ1) is 11.0.